The van der Waals surface area contributed by atoms with Crippen LogP contribution < -0.4 is 5.46 Å². The van der Waals surface area contributed by atoms with E-state index in [0.29, 0.717) is 0 Å². The van der Waals surface area contributed by atoms with Crippen molar-refractivity contribution in [3.8, 4) is 11.3 Å². The van der Waals surface area contributed by atoms with Crippen LogP contribution in [0.4, 0.5) is 0 Å². The Balaban J connectivity index is 1.67. The highest BCUT2D eigenvalue weighted by atomic mass is 16.7. The fourth-order valence-electron chi connectivity index (χ4n) is 3.13. The van der Waals surface area contributed by atoms with Crippen molar-refractivity contribution in [3.05, 3.63) is 60.8 Å². The minimum Gasteiger partial charge on any atom is -0.399 e. The van der Waals surface area contributed by atoms with Gasteiger partial charge >= 0.3 is 7.12 Å². The van der Waals surface area contributed by atoms with E-state index in [9.17, 15) is 0 Å². The molecular formula is C21H22BNO2. The van der Waals surface area contributed by atoms with Gasteiger partial charge in [0.05, 0.1) is 16.9 Å². The molecule has 0 aliphatic carbocycles. The number of aromatic nitrogens is 1. The van der Waals surface area contributed by atoms with Crippen LogP contribution in [0.5, 0.6) is 0 Å². The Morgan fingerprint density at radius 3 is 2.16 bits per heavy atom. The lowest BCUT2D eigenvalue weighted by Gasteiger charge is -2.32. The number of rotatable bonds is 2. The van der Waals surface area contributed by atoms with Gasteiger partial charge in [-0.3, -0.25) is 4.98 Å². The maximum absolute atomic E-state index is 6.10. The summed E-state index contributed by atoms with van der Waals surface area (Å²) in [5.41, 5.74) is 2.36. The van der Waals surface area contributed by atoms with Crippen LogP contribution in [0.2, 0.25) is 0 Å². The van der Waals surface area contributed by atoms with Crippen LogP contribution in [0, 0.1) is 0 Å². The summed E-state index contributed by atoms with van der Waals surface area (Å²) >= 11 is 0. The van der Waals surface area contributed by atoms with Gasteiger partial charge in [-0.15, -0.1) is 0 Å². The minimum absolute atomic E-state index is 0.341. The van der Waals surface area contributed by atoms with E-state index in [2.05, 4.69) is 75.1 Å². The first-order valence-electron chi connectivity index (χ1n) is 8.67. The third kappa shape index (κ3) is 2.76. The van der Waals surface area contributed by atoms with Gasteiger partial charge in [0.2, 0.25) is 0 Å². The number of nitrogens with zero attached hydrogens (tertiary/aromatic N) is 1. The summed E-state index contributed by atoms with van der Waals surface area (Å²) in [4.78, 5) is 4.68. The molecule has 0 N–H and O–H groups in total. The highest BCUT2D eigenvalue weighted by Gasteiger charge is 2.51. The monoisotopic (exact) mass is 331 g/mol. The van der Waals surface area contributed by atoms with Crippen molar-refractivity contribution < 1.29 is 9.31 Å². The fraction of sp³-hybridized carbons (Fsp3) is 0.286. The first-order chi connectivity index (χ1) is 11.9. The SMILES string of the molecule is CC1(C)OB(c2ccc(-c3cccc4ccccc34)nc2)OC1(C)C. The lowest BCUT2D eigenvalue weighted by molar-refractivity contribution is 0.00578. The number of fused-ring (bicyclic) bond motifs is 1. The number of hydrogen-bond donors (Lipinski definition) is 0. The summed E-state index contributed by atoms with van der Waals surface area (Å²) in [5.74, 6) is 0. The molecular weight excluding hydrogens is 309 g/mol. The first-order valence-corrected chi connectivity index (χ1v) is 8.67. The molecule has 3 nitrogen and oxygen atoms in total. The highest BCUT2D eigenvalue weighted by molar-refractivity contribution is 6.62. The second kappa shape index (κ2) is 5.68. The molecule has 25 heavy (non-hydrogen) atoms. The molecule has 1 saturated heterocycles. The Labute approximate surface area is 149 Å². The molecule has 0 radical (unpaired) electrons. The van der Waals surface area contributed by atoms with Gasteiger partial charge in [0.25, 0.3) is 0 Å². The summed E-state index contributed by atoms with van der Waals surface area (Å²) in [7, 11) is -0.376. The predicted octanol–water partition coefficient (Wildman–Crippen LogP) is 4.20. The van der Waals surface area contributed by atoms with Gasteiger partial charge < -0.3 is 9.31 Å². The van der Waals surface area contributed by atoms with E-state index in [4.69, 9.17) is 9.31 Å². The molecule has 1 aromatic heterocycles. The first kappa shape index (κ1) is 16.3. The van der Waals surface area contributed by atoms with Gasteiger partial charge in [0.1, 0.15) is 0 Å². The lowest BCUT2D eigenvalue weighted by atomic mass is 9.80. The van der Waals surface area contributed by atoms with Crippen LogP contribution in [0.15, 0.2) is 60.8 Å². The fourth-order valence-corrected chi connectivity index (χ4v) is 3.13. The van der Waals surface area contributed by atoms with Gasteiger partial charge in [-0.2, -0.15) is 0 Å². The summed E-state index contributed by atoms with van der Waals surface area (Å²) in [6.45, 7) is 8.24. The molecule has 1 fully saturated rings. The number of hydrogen-bond acceptors (Lipinski definition) is 3. The zero-order valence-corrected chi connectivity index (χ0v) is 15.1. The van der Waals surface area contributed by atoms with Crippen molar-refractivity contribution in [2.45, 2.75) is 38.9 Å². The van der Waals surface area contributed by atoms with Crippen LogP contribution in [0.1, 0.15) is 27.7 Å². The van der Waals surface area contributed by atoms with Crippen LogP contribution in [0.25, 0.3) is 22.0 Å². The molecule has 0 spiro atoms. The van der Waals surface area contributed by atoms with Crippen LogP contribution >= 0.6 is 0 Å². The molecule has 0 amide bonds. The van der Waals surface area contributed by atoms with Gasteiger partial charge in [-0.25, -0.2) is 0 Å². The van der Waals surface area contributed by atoms with Crippen molar-refractivity contribution in [2.75, 3.05) is 0 Å². The summed E-state index contributed by atoms with van der Waals surface area (Å²) in [5, 5.41) is 2.43. The Kier molecular flexibility index (Phi) is 3.71. The van der Waals surface area contributed by atoms with E-state index in [-0.39, 0.29) is 18.3 Å². The van der Waals surface area contributed by atoms with E-state index in [1.165, 1.54) is 10.8 Å². The smallest absolute Gasteiger partial charge is 0.399 e. The van der Waals surface area contributed by atoms with Crippen LogP contribution in [-0.4, -0.2) is 23.3 Å². The normalized spacial score (nSPS) is 18.6. The molecule has 1 aliphatic heterocycles. The van der Waals surface area contributed by atoms with Gasteiger partial charge in [-0.05, 0) is 44.5 Å². The molecule has 2 aromatic carbocycles. The van der Waals surface area contributed by atoms with Crippen LogP contribution in [0.3, 0.4) is 0 Å². The predicted molar refractivity (Wildman–Crippen MR) is 103 cm³/mol. The quantitative estimate of drug-likeness (QED) is 0.660. The summed E-state index contributed by atoms with van der Waals surface area (Å²) in [6.07, 6.45) is 1.86. The third-order valence-electron chi connectivity index (χ3n) is 5.38. The zero-order chi connectivity index (χ0) is 17.7. The second-order valence-electron chi connectivity index (χ2n) is 7.59. The molecule has 0 atom stereocenters. The Morgan fingerprint density at radius 1 is 0.800 bits per heavy atom. The van der Waals surface area contributed by atoms with Crippen LogP contribution in [-0.2, 0) is 9.31 Å². The number of benzene rings is 2. The topological polar surface area (TPSA) is 31.4 Å². The Morgan fingerprint density at radius 2 is 1.48 bits per heavy atom. The lowest BCUT2D eigenvalue weighted by Crippen LogP contribution is -2.41. The largest absolute Gasteiger partial charge is 0.496 e. The molecule has 0 saturated carbocycles. The molecule has 126 valence electrons. The molecule has 2 heterocycles. The molecule has 4 heteroatoms. The molecule has 4 rings (SSSR count). The van der Waals surface area contributed by atoms with Crippen molar-refractivity contribution >= 4 is 23.4 Å². The van der Waals surface area contributed by atoms with E-state index >= 15 is 0 Å². The standard InChI is InChI=1S/C21H22BNO2/c1-20(2)21(3,4)25-22(24-20)16-12-13-19(23-14-16)18-11-7-9-15-8-5-6-10-17(15)18/h5-14H,1-4H3. The molecule has 1 aliphatic rings. The average Bonchev–Trinajstić information content (AvgIpc) is 2.82. The van der Waals surface area contributed by atoms with Crippen molar-refractivity contribution in [1.29, 1.82) is 0 Å². The molecule has 0 bridgehead atoms. The van der Waals surface area contributed by atoms with E-state index in [1.807, 2.05) is 18.3 Å². The van der Waals surface area contributed by atoms with Gasteiger partial charge in [-0.1, -0.05) is 48.5 Å². The van der Waals surface area contributed by atoms with Gasteiger partial charge in [0.15, 0.2) is 0 Å². The number of pyridine rings is 1. The van der Waals surface area contributed by atoms with Crippen molar-refractivity contribution in [2.24, 2.45) is 0 Å². The van der Waals surface area contributed by atoms with Crippen molar-refractivity contribution in [1.82, 2.24) is 4.98 Å². The minimum atomic E-state index is -0.376. The van der Waals surface area contributed by atoms with Gasteiger partial charge in [0, 0.05) is 17.2 Å². The summed E-state index contributed by atoms with van der Waals surface area (Å²) < 4.78 is 12.2. The average molecular weight is 331 g/mol. The third-order valence-corrected chi connectivity index (χ3v) is 5.38. The highest BCUT2D eigenvalue weighted by Crippen LogP contribution is 2.36. The maximum atomic E-state index is 6.10. The second-order valence-corrected chi connectivity index (χ2v) is 7.59. The maximum Gasteiger partial charge on any atom is 0.496 e. The Hall–Kier alpha value is -2.17. The van der Waals surface area contributed by atoms with E-state index in [0.717, 1.165) is 16.7 Å². The Bertz CT molecular complexity index is 897. The zero-order valence-electron chi connectivity index (χ0n) is 15.1. The van der Waals surface area contributed by atoms with Crippen molar-refractivity contribution in [3.63, 3.8) is 0 Å². The van der Waals surface area contributed by atoms with E-state index < -0.39 is 0 Å². The molecule has 0 unspecified atom stereocenters. The van der Waals surface area contributed by atoms with E-state index in [1.54, 1.807) is 0 Å². The molecule has 3 aromatic rings. The summed E-state index contributed by atoms with van der Waals surface area (Å²) in [6, 6.07) is 18.8.